The summed E-state index contributed by atoms with van der Waals surface area (Å²) in [6.45, 7) is 9.44. The first-order valence-corrected chi connectivity index (χ1v) is 11.8. The molecule has 1 aliphatic heterocycles. The molecular weight excluding hydrogens is 450 g/mol. The third-order valence-corrected chi connectivity index (χ3v) is 6.33. The molecule has 0 spiro atoms. The van der Waals surface area contributed by atoms with Crippen LogP contribution in [0.2, 0.25) is 0 Å². The smallest absolute Gasteiger partial charge is 0.516 e. The highest BCUT2D eigenvalue weighted by Crippen LogP contribution is 2.51. The van der Waals surface area contributed by atoms with Crippen LogP contribution >= 0.6 is 0 Å². The molecule has 4 atom stereocenters. The van der Waals surface area contributed by atoms with Crippen molar-refractivity contribution in [2.24, 2.45) is 11.8 Å². The molecular formula is C26H33N3O6. The molecule has 9 heteroatoms. The quantitative estimate of drug-likeness (QED) is 0.476. The predicted molar refractivity (Wildman–Crippen MR) is 128 cm³/mol. The third kappa shape index (κ3) is 5.91. The predicted octanol–water partition coefficient (Wildman–Crippen LogP) is 4.50. The van der Waals surface area contributed by atoms with Gasteiger partial charge in [-0.25, -0.2) is 9.78 Å². The zero-order valence-corrected chi connectivity index (χ0v) is 20.8. The van der Waals surface area contributed by atoms with Gasteiger partial charge in [-0.3, -0.25) is 4.65 Å². The molecule has 0 radical (unpaired) electrons. The second kappa shape index (κ2) is 9.13. The lowest BCUT2D eigenvalue weighted by molar-refractivity contribution is -0.801. The van der Waals surface area contributed by atoms with Crippen LogP contribution in [0.25, 0.3) is 0 Å². The first kappa shape index (κ1) is 24.9. The van der Waals surface area contributed by atoms with E-state index < -0.39 is 28.0 Å². The van der Waals surface area contributed by atoms with Crippen molar-refractivity contribution >= 4 is 12.2 Å². The van der Waals surface area contributed by atoms with E-state index in [1.54, 1.807) is 39.1 Å². The van der Waals surface area contributed by atoms with Crippen molar-refractivity contribution in [2.75, 3.05) is 13.1 Å². The van der Waals surface area contributed by atoms with Gasteiger partial charge in [-0.2, -0.15) is 4.79 Å². The molecule has 4 rings (SSSR count). The summed E-state index contributed by atoms with van der Waals surface area (Å²) < 4.78 is 15.7. The molecule has 9 nitrogen and oxygen atoms in total. The SMILES string of the molecule is CC(C)(C)OC(=O)[N+]1([O-])C[C@@H]2C(Oc3cc(C(C)(C)NC(=O)OCc4ccccc4)ccn3)[C@@H]2C1. The van der Waals surface area contributed by atoms with E-state index in [0.29, 0.717) is 5.88 Å². The molecule has 1 aliphatic carbocycles. The van der Waals surface area contributed by atoms with Crippen molar-refractivity contribution in [3.8, 4) is 5.88 Å². The molecule has 188 valence electrons. The fourth-order valence-corrected chi connectivity index (χ4v) is 4.40. The van der Waals surface area contributed by atoms with Crippen LogP contribution < -0.4 is 10.1 Å². The number of piperidine rings is 1. The van der Waals surface area contributed by atoms with Crippen molar-refractivity contribution < 1.29 is 28.4 Å². The van der Waals surface area contributed by atoms with E-state index >= 15 is 0 Å². The average molecular weight is 484 g/mol. The number of hydroxylamine groups is 3. The summed E-state index contributed by atoms with van der Waals surface area (Å²) >= 11 is 0. The monoisotopic (exact) mass is 483 g/mol. The number of benzene rings is 1. The number of quaternary nitrogens is 1. The van der Waals surface area contributed by atoms with Gasteiger partial charge in [0.05, 0.1) is 30.5 Å². The first-order chi connectivity index (χ1) is 16.4. The Morgan fingerprint density at radius 2 is 1.74 bits per heavy atom. The lowest BCUT2D eigenvalue weighted by Gasteiger charge is -2.37. The number of amides is 2. The van der Waals surface area contributed by atoms with E-state index in [1.807, 2.05) is 44.2 Å². The minimum Gasteiger partial charge on any atom is -0.622 e. The summed E-state index contributed by atoms with van der Waals surface area (Å²) in [7, 11) is 0. The normalized spacial score (nSPS) is 25.4. The Morgan fingerprint density at radius 1 is 1.09 bits per heavy atom. The van der Waals surface area contributed by atoms with Gasteiger partial charge in [0.1, 0.15) is 18.3 Å². The number of nitrogens with one attached hydrogen (secondary N) is 1. The van der Waals surface area contributed by atoms with E-state index in [-0.39, 0.29) is 37.6 Å². The van der Waals surface area contributed by atoms with Gasteiger partial charge in [-0.05, 0) is 51.8 Å². The lowest BCUT2D eigenvalue weighted by Crippen LogP contribution is -2.50. The number of hydrogen-bond acceptors (Lipinski definition) is 7. The average Bonchev–Trinajstić information content (AvgIpc) is 3.23. The molecule has 2 aromatic rings. The number of carbonyl (C=O) groups excluding carboxylic acids is 2. The second-order valence-electron chi connectivity index (χ2n) is 10.8. The molecule has 1 aromatic heterocycles. The molecule has 1 saturated carbocycles. The number of carbonyl (C=O) groups is 2. The van der Waals surface area contributed by atoms with Crippen molar-refractivity contribution in [1.82, 2.24) is 10.3 Å². The number of rotatable bonds is 6. The van der Waals surface area contributed by atoms with Crippen LogP contribution in [-0.2, 0) is 21.6 Å². The van der Waals surface area contributed by atoms with E-state index in [9.17, 15) is 14.8 Å². The minimum atomic E-state index is -0.970. The molecule has 2 unspecified atom stereocenters. The second-order valence-corrected chi connectivity index (χ2v) is 10.8. The number of pyridine rings is 1. The van der Waals surface area contributed by atoms with Crippen LogP contribution in [0.15, 0.2) is 48.7 Å². The largest absolute Gasteiger partial charge is 0.622 e. The molecule has 2 fully saturated rings. The Bertz CT molecular complexity index is 1070. The maximum atomic E-state index is 12.9. The van der Waals surface area contributed by atoms with Gasteiger partial charge < -0.3 is 24.7 Å². The number of nitrogens with zero attached hydrogens (tertiary/aromatic N) is 2. The fraction of sp³-hybridized carbons (Fsp3) is 0.500. The standard InChI is InChI=1S/C26H33N3O6/c1-25(2,3)35-24(31)29(32)14-19-20(15-29)22(19)34-21-13-18(11-12-27-21)26(4,5)28-23(30)33-16-17-9-7-6-8-10-17/h6-13,19-20,22H,14-16H2,1-5H3,(H,28,30)/t19-,20+,22?,29?. The van der Waals surface area contributed by atoms with E-state index in [1.165, 1.54) is 0 Å². The number of aromatic nitrogens is 1. The van der Waals surface area contributed by atoms with Crippen LogP contribution in [0.4, 0.5) is 9.59 Å². The highest BCUT2D eigenvalue weighted by molar-refractivity contribution is 5.68. The van der Waals surface area contributed by atoms with Gasteiger partial charge in [0.15, 0.2) is 0 Å². The van der Waals surface area contributed by atoms with Gasteiger partial charge in [0.2, 0.25) is 5.88 Å². The number of ether oxygens (including phenoxy) is 3. The molecule has 1 aromatic carbocycles. The van der Waals surface area contributed by atoms with E-state index in [4.69, 9.17) is 14.2 Å². The Kier molecular flexibility index (Phi) is 6.50. The molecule has 0 bridgehead atoms. The number of alkyl carbamates (subject to hydrolysis) is 1. The van der Waals surface area contributed by atoms with Gasteiger partial charge in [-0.1, -0.05) is 30.3 Å². The van der Waals surface area contributed by atoms with E-state index in [0.717, 1.165) is 11.1 Å². The Labute approximate surface area is 205 Å². The Balaban J connectivity index is 1.31. The highest BCUT2D eigenvalue weighted by atomic mass is 16.7. The Morgan fingerprint density at radius 3 is 2.37 bits per heavy atom. The van der Waals surface area contributed by atoms with Crippen LogP contribution in [0.1, 0.15) is 45.7 Å². The maximum Gasteiger partial charge on any atom is 0.516 e. The molecule has 1 saturated heterocycles. The molecule has 2 aliphatic rings. The summed E-state index contributed by atoms with van der Waals surface area (Å²) in [4.78, 5) is 29.0. The number of hydrogen-bond donors (Lipinski definition) is 1. The third-order valence-electron chi connectivity index (χ3n) is 6.33. The van der Waals surface area contributed by atoms with Crippen molar-refractivity contribution in [1.29, 1.82) is 0 Å². The van der Waals surface area contributed by atoms with Crippen molar-refractivity contribution in [2.45, 2.75) is 58.5 Å². The fourth-order valence-electron chi connectivity index (χ4n) is 4.40. The zero-order valence-electron chi connectivity index (χ0n) is 20.8. The van der Waals surface area contributed by atoms with Crippen LogP contribution in [0.3, 0.4) is 0 Å². The zero-order chi connectivity index (χ0) is 25.4. The molecule has 35 heavy (non-hydrogen) atoms. The summed E-state index contributed by atoms with van der Waals surface area (Å²) in [6.07, 6.45) is 0.195. The number of fused-ring (bicyclic) bond motifs is 1. The van der Waals surface area contributed by atoms with Crippen LogP contribution in [0, 0.1) is 17.0 Å². The maximum absolute atomic E-state index is 12.9. The molecule has 1 N–H and O–H groups in total. The van der Waals surface area contributed by atoms with Crippen LogP contribution in [-0.4, -0.2) is 46.6 Å². The van der Waals surface area contributed by atoms with Gasteiger partial charge in [0.25, 0.3) is 0 Å². The molecule has 2 heterocycles. The van der Waals surface area contributed by atoms with Gasteiger partial charge >= 0.3 is 12.2 Å². The number of likely N-dealkylation sites (tertiary alicyclic amines) is 1. The van der Waals surface area contributed by atoms with Crippen molar-refractivity contribution in [3.05, 3.63) is 65.0 Å². The lowest BCUT2D eigenvalue weighted by atomic mass is 9.95. The Hall–Kier alpha value is -3.17. The summed E-state index contributed by atoms with van der Waals surface area (Å²) in [5.74, 6) is 0.393. The van der Waals surface area contributed by atoms with Gasteiger partial charge in [-0.15, -0.1) is 0 Å². The highest BCUT2D eigenvalue weighted by Gasteiger charge is 2.65. The van der Waals surface area contributed by atoms with E-state index in [2.05, 4.69) is 10.3 Å². The molecule has 2 amide bonds. The van der Waals surface area contributed by atoms with Crippen molar-refractivity contribution in [3.63, 3.8) is 0 Å². The van der Waals surface area contributed by atoms with Crippen LogP contribution in [0.5, 0.6) is 5.88 Å². The summed E-state index contributed by atoms with van der Waals surface area (Å²) in [5, 5.41) is 15.8. The summed E-state index contributed by atoms with van der Waals surface area (Å²) in [5.41, 5.74) is 0.274. The summed E-state index contributed by atoms with van der Waals surface area (Å²) in [6, 6.07) is 13.0. The first-order valence-electron chi connectivity index (χ1n) is 11.8. The minimum absolute atomic E-state index is 0.00965. The topological polar surface area (TPSA) is 110 Å². The van der Waals surface area contributed by atoms with Gasteiger partial charge in [0, 0.05) is 12.3 Å².